The number of likely N-dealkylation sites (tertiary alicyclic amines) is 1. The summed E-state index contributed by atoms with van der Waals surface area (Å²) < 4.78 is 0. The van der Waals surface area contributed by atoms with Crippen LogP contribution in [-0.4, -0.2) is 54.8 Å². The number of thiol groups is 1. The zero-order valence-electron chi connectivity index (χ0n) is 10.4. The van der Waals surface area contributed by atoms with Gasteiger partial charge in [0.05, 0.1) is 0 Å². The van der Waals surface area contributed by atoms with Crippen molar-refractivity contribution in [3.05, 3.63) is 0 Å². The summed E-state index contributed by atoms with van der Waals surface area (Å²) in [6.45, 7) is 9.50. The summed E-state index contributed by atoms with van der Waals surface area (Å²) in [6, 6.07) is 0.801. The van der Waals surface area contributed by atoms with Gasteiger partial charge in [0, 0.05) is 12.6 Å². The largest absolute Gasteiger partial charge is 0.303 e. The number of nitrogens with zero attached hydrogens (tertiary/aromatic N) is 2. The Morgan fingerprint density at radius 2 is 2.00 bits per heavy atom. The van der Waals surface area contributed by atoms with Gasteiger partial charge in [-0.1, -0.05) is 13.8 Å². The number of rotatable bonds is 5. The van der Waals surface area contributed by atoms with Gasteiger partial charge in [0.15, 0.2) is 0 Å². The Labute approximate surface area is 100 Å². The van der Waals surface area contributed by atoms with Crippen LogP contribution in [0.3, 0.4) is 0 Å². The molecule has 1 heterocycles. The molecule has 15 heavy (non-hydrogen) atoms. The Morgan fingerprint density at radius 3 is 2.47 bits per heavy atom. The predicted molar refractivity (Wildman–Crippen MR) is 70.8 cm³/mol. The van der Waals surface area contributed by atoms with Crippen LogP contribution in [0.5, 0.6) is 0 Å². The van der Waals surface area contributed by atoms with E-state index >= 15 is 0 Å². The highest BCUT2D eigenvalue weighted by atomic mass is 32.1. The van der Waals surface area contributed by atoms with Gasteiger partial charge in [-0.3, -0.25) is 0 Å². The molecule has 1 fully saturated rings. The van der Waals surface area contributed by atoms with Crippen LogP contribution in [0.15, 0.2) is 0 Å². The number of piperidine rings is 1. The van der Waals surface area contributed by atoms with Gasteiger partial charge in [0.2, 0.25) is 0 Å². The molecular formula is C12H26N2S. The highest BCUT2D eigenvalue weighted by Crippen LogP contribution is 2.16. The van der Waals surface area contributed by atoms with Crippen LogP contribution in [0.2, 0.25) is 0 Å². The fraction of sp³-hybridized carbons (Fsp3) is 1.00. The van der Waals surface area contributed by atoms with E-state index in [9.17, 15) is 0 Å². The van der Waals surface area contributed by atoms with E-state index in [2.05, 4.69) is 43.3 Å². The van der Waals surface area contributed by atoms with Crippen LogP contribution in [0.4, 0.5) is 0 Å². The van der Waals surface area contributed by atoms with Gasteiger partial charge in [-0.15, -0.1) is 0 Å². The van der Waals surface area contributed by atoms with E-state index in [0.717, 1.165) is 11.8 Å². The maximum absolute atomic E-state index is 4.35. The van der Waals surface area contributed by atoms with E-state index in [0.29, 0.717) is 5.92 Å². The van der Waals surface area contributed by atoms with Crippen molar-refractivity contribution in [1.29, 1.82) is 0 Å². The minimum absolute atomic E-state index is 0.711. The van der Waals surface area contributed by atoms with Crippen LogP contribution >= 0.6 is 12.6 Å². The standard InChI is InChI=1S/C12H26N2S/c1-4-14-7-5-12(6-8-14)13(3)9-11(2)10-15/h11-12,15H,4-10H2,1-3H3. The lowest BCUT2D eigenvalue weighted by molar-refractivity contribution is 0.123. The summed E-state index contributed by atoms with van der Waals surface area (Å²) in [7, 11) is 2.27. The molecule has 90 valence electrons. The van der Waals surface area contributed by atoms with Crippen LogP contribution in [0, 0.1) is 5.92 Å². The maximum atomic E-state index is 4.35. The molecule has 2 nitrogen and oxygen atoms in total. The predicted octanol–water partition coefficient (Wildman–Crippen LogP) is 1.97. The van der Waals surface area contributed by atoms with Gasteiger partial charge in [-0.05, 0) is 51.2 Å². The highest BCUT2D eigenvalue weighted by molar-refractivity contribution is 7.80. The maximum Gasteiger partial charge on any atom is 0.0117 e. The number of hydrogen-bond acceptors (Lipinski definition) is 3. The first-order chi connectivity index (χ1) is 7.17. The normalized spacial score (nSPS) is 22.2. The first-order valence-electron chi connectivity index (χ1n) is 6.20. The second-order valence-electron chi connectivity index (χ2n) is 4.89. The molecule has 0 bridgehead atoms. The van der Waals surface area contributed by atoms with Crippen molar-refractivity contribution in [3.8, 4) is 0 Å². The third-order valence-corrected chi connectivity index (χ3v) is 4.16. The lowest BCUT2D eigenvalue weighted by atomic mass is 10.0. The van der Waals surface area contributed by atoms with Crippen molar-refractivity contribution in [2.75, 3.05) is 39.0 Å². The molecule has 1 atom stereocenters. The van der Waals surface area contributed by atoms with Crippen molar-refractivity contribution >= 4 is 12.6 Å². The zero-order chi connectivity index (χ0) is 11.3. The first kappa shape index (κ1) is 13.3. The minimum atomic E-state index is 0.711. The van der Waals surface area contributed by atoms with E-state index in [1.54, 1.807) is 0 Å². The lowest BCUT2D eigenvalue weighted by Gasteiger charge is -2.37. The molecule has 1 saturated heterocycles. The molecule has 0 aliphatic carbocycles. The molecule has 0 spiro atoms. The highest BCUT2D eigenvalue weighted by Gasteiger charge is 2.21. The second-order valence-corrected chi connectivity index (χ2v) is 5.26. The van der Waals surface area contributed by atoms with E-state index in [1.165, 1.54) is 39.0 Å². The summed E-state index contributed by atoms with van der Waals surface area (Å²) in [6.07, 6.45) is 2.67. The summed E-state index contributed by atoms with van der Waals surface area (Å²) >= 11 is 4.35. The van der Waals surface area contributed by atoms with Gasteiger partial charge in [-0.25, -0.2) is 0 Å². The Balaban J connectivity index is 2.26. The van der Waals surface area contributed by atoms with Gasteiger partial charge in [0.1, 0.15) is 0 Å². The van der Waals surface area contributed by atoms with Crippen LogP contribution in [0.25, 0.3) is 0 Å². The molecule has 0 N–H and O–H groups in total. The molecular weight excluding hydrogens is 204 g/mol. The van der Waals surface area contributed by atoms with Crippen molar-refractivity contribution in [2.24, 2.45) is 5.92 Å². The van der Waals surface area contributed by atoms with Gasteiger partial charge >= 0.3 is 0 Å². The van der Waals surface area contributed by atoms with Gasteiger partial charge in [0.25, 0.3) is 0 Å². The molecule has 0 amide bonds. The molecule has 1 aliphatic heterocycles. The Hall–Kier alpha value is 0.270. The minimum Gasteiger partial charge on any atom is -0.303 e. The van der Waals surface area contributed by atoms with Crippen molar-refractivity contribution in [2.45, 2.75) is 32.7 Å². The molecule has 0 radical (unpaired) electrons. The van der Waals surface area contributed by atoms with E-state index in [1.807, 2.05) is 0 Å². The molecule has 0 aromatic rings. The Bertz CT molecular complexity index is 167. The average molecular weight is 230 g/mol. The Morgan fingerprint density at radius 1 is 1.40 bits per heavy atom. The first-order valence-corrected chi connectivity index (χ1v) is 6.84. The molecule has 1 aliphatic rings. The lowest BCUT2D eigenvalue weighted by Crippen LogP contribution is -2.44. The fourth-order valence-electron chi connectivity index (χ4n) is 2.37. The second kappa shape index (κ2) is 6.77. The average Bonchev–Trinajstić information content (AvgIpc) is 2.29. The smallest absolute Gasteiger partial charge is 0.0117 e. The molecule has 3 heteroatoms. The molecule has 0 aromatic heterocycles. The summed E-state index contributed by atoms with van der Waals surface area (Å²) in [5.74, 6) is 1.71. The third-order valence-electron chi connectivity index (χ3n) is 3.54. The zero-order valence-corrected chi connectivity index (χ0v) is 11.3. The Kier molecular flexibility index (Phi) is 6.02. The molecule has 0 saturated carbocycles. The van der Waals surface area contributed by atoms with E-state index < -0.39 is 0 Å². The van der Waals surface area contributed by atoms with Gasteiger partial charge in [-0.2, -0.15) is 12.6 Å². The fourth-order valence-corrected chi connectivity index (χ4v) is 2.49. The van der Waals surface area contributed by atoms with Crippen molar-refractivity contribution in [1.82, 2.24) is 9.80 Å². The molecule has 1 unspecified atom stereocenters. The summed E-state index contributed by atoms with van der Waals surface area (Å²) in [5, 5.41) is 0. The van der Waals surface area contributed by atoms with Crippen LogP contribution in [-0.2, 0) is 0 Å². The number of hydrogen-bond donors (Lipinski definition) is 1. The van der Waals surface area contributed by atoms with Crippen LogP contribution in [0.1, 0.15) is 26.7 Å². The topological polar surface area (TPSA) is 6.48 Å². The van der Waals surface area contributed by atoms with E-state index in [4.69, 9.17) is 0 Å². The SMILES string of the molecule is CCN1CCC(N(C)CC(C)CS)CC1. The summed E-state index contributed by atoms with van der Waals surface area (Å²) in [4.78, 5) is 5.08. The van der Waals surface area contributed by atoms with E-state index in [-0.39, 0.29) is 0 Å². The monoisotopic (exact) mass is 230 g/mol. The van der Waals surface area contributed by atoms with Crippen molar-refractivity contribution < 1.29 is 0 Å². The van der Waals surface area contributed by atoms with Crippen LogP contribution < -0.4 is 0 Å². The molecule has 1 rings (SSSR count). The van der Waals surface area contributed by atoms with Gasteiger partial charge < -0.3 is 9.80 Å². The summed E-state index contributed by atoms with van der Waals surface area (Å²) in [5.41, 5.74) is 0. The quantitative estimate of drug-likeness (QED) is 0.722. The third kappa shape index (κ3) is 4.33. The molecule has 0 aromatic carbocycles. The van der Waals surface area contributed by atoms with Crippen molar-refractivity contribution in [3.63, 3.8) is 0 Å².